The van der Waals surface area contributed by atoms with Crippen LogP contribution in [-0.2, 0) is 0 Å². The number of hydrogen-bond acceptors (Lipinski definition) is 1. The van der Waals surface area contributed by atoms with Crippen LogP contribution in [0.15, 0.2) is 12.2 Å². The van der Waals surface area contributed by atoms with E-state index < -0.39 is 0 Å². The summed E-state index contributed by atoms with van der Waals surface area (Å²) in [7, 11) is 0. The van der Waals surface area contributed by atoms with E-state index >= 15 is 0 Å². The lowest BCUT2D eigenvalue weighted by Crippen LogP contribution is -1.99. The molecule has 0 aromatic heterocycles. The Morgan fingerprint density at radius 3 is 2.22 bits per heavy atom. The van der Waals surface area contributed by atoms with Crippen LogP contribution >= 0.6 is 0 Å². The summed E-state index contributed by atoms with van der Waals surface area (Å²) in [5, 5.41) is 0. The van der Waals surface area contributed by atoms with E-state index in [0.717, 1.165) is 17.8 Å². The Bertz CT molecular complexity index is 129. The molecule has 1 saturated carbocycles. The van der Waals surface area contributed by atoms with Crippen LogP contribution in [0.1, 0.15) is 19.8 Å². The lowest BCUT2D eigenvalue weighted by atomic mass is 9.96. The SMILES string of the molecule is CC1CC2C=CC1C2.N. The second-order valence-corrected chi connectivity index (χ2v) is 3.26. The van der Waals surface area contributed by atoms with Crippen LogP contribution in [0.2, 0.25) is 0 Å². The molecule has 0 radical (unpaired) electrons. The average Bonchev–Trinajstić information content (AvgIpc) is 2.23. The zero-order valence-electron chi connectivity index (χ0n) is 6.01. The molecule has 2 rings (SSSR count). The Labute approximate surface area is 56.7 Å². The smallest absolute Gasteiger partial charge is 0.0202 e. The number of fused-ring (bicyclic) bond motifs is 2. The third kappa shape index (κ3) is 0.897. The summed E-state index contributed by atoms with van der Waals surface area (Å²) < 4.78 is 0. The third-order valence-electron chi connectivity index (χ3n) is 2.61. The van der Waals surface area contributed by atoms with E-state index in [4.69, 9.17) is 0 Å². The van der Waals surface area contributed by atoms with Crippen molar-refractivity contribution in [1.82, 2.24) is 6.15 Å². The molecule has 3 N–H and O–H groups in total. The van der Waals surface area contributed by atoms with Crippen LogP contribution < -0.4 is 6.15 Å². The van der Waals surface area contributed by atoms with E-state index in [-0.39, 0.29) is 6.15 Å². The molecule has 1 heteroatoms. The van der Waals surface area contributed by atoms with Crippen molar-refractivity contribution < 1.29 is 0 Å². The fraction of sp³-hybridized carbons (Fsp3) is 0.750. The molecule has 1 nitrogen and oxygen atoms in total. The largest absolute Gasteiger partial charge is 0.344 e. The lowest BCUT2D eigenvalue weighted by Gasteiger charge is -2.09. The van der Waals surface area contributed by atoms with Gasteiger partial charge >= 0.3 is 0 Å². The Hall–Kier alpha value is -0.300. The predicted octanol–water partition coefficient (Wildman–Crippen LogP) is 2.38. The van der Waals surface area contributed by atoms with Crippen LogP contribution in [0.4, 0.5) is 0 Å². The van der Waals surface area contributed by atoms with Gasteiger partial charge in [-0.25, -0.2) is 0 Å². The van der Waals surface area contributed by atoms with Gasteiger partial charge in [-0.05, 0) is 30.6 Å². The normalized spacial score (nSPS) is 45.2. The number of rotatable bonds is 0. The highest BCUT2D eigenvalue weighted by Gasteiger charge is 2.32. The summed E-state index contributed by atoms with van der Waals surface area (Å²) >= 11 is 0. The molecule has 9 heavy (non-hydrogen) atoms. The van der Waals surface area contributed by atoms with Crippen LogP contribution in [-0.4, -0.2) is 0 Å². The van der Waals surface area contributed by atoms with Crippen molar-refractivity contribution in [2.24, 2.45) is 17.8 Å². The molecule has 0 saturated heterocycles. The zero-order chi connectivity index (χ0) is 5.56. The fourth-order valence-electron chi connectivity index (χ4n) is 2.06. The Morgan fingerprint density at radius 1 is 1.22 bits per heavy atom. The minimum Gasteiger partial charge on any atom is -0.344 e. The molecule has 0 aliphatic heterocycles. The van der Waals surface area contributed by atoms with Crippen LogP contribution in [0, 0.1) is 17.8 Å². The minimum absolute atomic E-state index is 0. The maximum atomic E-state index is 2.40. The first-order valence-electron chi connectivity index (χ1n) is 3.54. The second-order valence-electron chi connectivity index (χ2n) is 3.26. The van der Waals surface area contributed by atoms with E-state index in [1.54, 1.807) is 0 Å². The first-order chi connectivity index (χ1) is 3.86. The minimum atomic E-state index is 0. The van der Waals surface area contributed by atoms with Gasteiger partial charge in [-0.15, -0.1) is 0 Å². The predicted molar refractivity (Wildman–Crippen MR) is 39.5 cm³/mol. The van der Waals surface area contributed by atoms with Crippen molar-refractivity contribution in [2.45, 2.75) is 19.8 Å². The summed E-state index contributed by atoms with van der Waals surface area (Å²) in [6.45, 7) is 2.37. The topological polar surface area (TPSA) is 35.0 Å². The van der Waals surface area contributed by atoms with E-state index in [1.807, 2.05) is 0 Å². The van der Waals surface area contributed by atoms with Gasteiger partial charge in [0.25, 0.3) is 0 Å². The van der Waals surface area contributed by atoms with Crippen molar-refractivity contribution in [1.29, 1.82) is 0 Å². The first kappa shape index (κ1) is 6.81. The molecule has 3 atom stereocenters. The van der Waals surface area contributed by atoms with Crippen molar-refractivity contribution in [3.05, 3.63) is 12.2 Å². The van der Waals surface area contributed by atoms with E-state index in [2.05, 4.69) is 19.1 Å². The highest BCUT2D eigenvalue weighted by molar-refractivity contribution is 5.08. The standard InChI is InChI=1S/C8H12.H3N/c1-6-4-7-2-3-8(6)5-7;/h2-3,6-8H,4-5H2,1H3;1H3. The number of allylic oxidation sites excluding steroid dienone is 2. The maximum Gasteiger partial charge on any atom is -0.0202 e. The Kier molecular flexibility index (Phi) is 1.62. The van der Waals surface area contributed by atoms with Gasteiger partial charge < -0.3 is 6.15 Å². The highest BCUT2D eigenvalue weighted by atomic mass is 14.4. The Balaban J connectivity index is 0.000000405. The second kappa shape index (κ2) is 2.14. The fourth-order valence-corrected chi connectivity index (χ4v) is 2.06. The van der Waals surface area contributed by atoms with Gasteiger partial charge in [-0.2, -0.15) is 0 Å². The monoisotopic (exact) mass is 125 g/mol. The molecular weight excluding hydrogens is 110 g/mol. The molecule has 1 fully saturated rings. The van der Waals surface area contributed by atoms with Gasteiger partial charge in [0.2, 0.25) is 0 Å². The van der Waals surface area contributed by atoms with Crippen LogP contribution in [0.25, 0.3) is 0 Å². The average molecular weight is 125 g/mol. The van der Waals surface area contributed by atoms with E-state index in [1.165, 1.54) is 12.8 Å². The van der Waals surface area contributed by atoms with Gasteiger partial charge in [0, 0.05) is 0 Å². The molecule has 0 aromatic carbocycles. The summed E-state index contributed by atoms with van der Waals surface area (Å²) in [6.07, 6.45) is 7.71. The third-order valence-corrected chi connectivity index (χ3v) is 2.61. The van der Waals surface area contributed by atoms with Crippen molar-refractivity contribution >= 4 is 0 Å². The lowest BCUT2D eigenvalue weighted by molar-refractivity contribution is 0.493. The molecule has 2 aliphatic rings. The van der Waals surface area contributed by atoms with Gasteiger partial charge in [-0.1, -0.05) is 19.1 Å². The van der Waals surface area contributed by atoms with E-state index in [0.29, 0.717) is 0 Å². The van der Waals surface area contributed by atoms with Gasteiger partial charge in [-0.3, -0.25) is 0 Å². The van der Waals surface area contributed by atoms with E-state index in [9.17, 15) is 0 Å². The summed E-state index contributed by atoms with van der Waals surface area (Å²) in [5.74, 6) is 2.92. The molecular formula is C8H15N. The molecule has 0 heterocycles. The van der Waals surface area contributed by atoms with Crippen molar-refractivity contribution in [3.8, 4) is 0 Å². The summed E-state index contributed by atoms with van der Waals surface area (Å²) in [4.78, 5) is 0. The first-order valence-corrected chi connectivity index (χ1v) is 3.54. The highest BCUT2D eigenvalue weighted by Crippen LogP contribution is 2.42. The quantitative estimate of drug-likeness (QED) is 0.495. The molecule has 2 aliphatic carbocycles. The van der Waals surface area contributed by atoms with Crippen molar-refractivity contribution in [3.63, 3.8) is 0 Å². The van der Waals surface area contributed by atoms with Gasteiger partial charge in [0.05, 0.1) is 0 Å². The zero-order valence-corrected chi connectivity index (χ0v) is 6.01. The molecule has 0 aromatic rings. The maximum absolute atomic E-state index is 2.40. The van der Waals surface area contributed by atoms with Crippen LogP contribution in [0.5, 0.6) is 0 Å². The molecule has 3 unspecified atom stereocenters. The summed E-state index contributed by atoms with van der Waals surface area (Å²) in [5.41, 5.74) is 0. The molecule has 0 spiro atoms. The molecule has 2 bridgehead atoms. The van der Waals surface area contributed by atoms with Gasteiger partial charge in [0.15, 0.2) is 0 Å². The van der Waals surface area contributed by atoms with Crippen LogP contribution in [0.3, 0.4) is 0 Å². The molecule has 0 amide bonds. The van der Waals surface area contributed by atoms with Gasteiger partial charge in [0.1, 0.15) is 0 Å². The molecule has 52 valence electrons. The summed E-state index contributed by atoms with van der Waals surface area (Å²) in [6, 6.07) is 0. The Morgan fingerprint density at radius 2 is 2.00 bits per heavy atom. The number of hydrogen-bond donors (Lipinski definition) is 1. The van der Waals surface area contributed by atoms with Crippen molar-refractivity contribution in [2.75, 3.05) is 0 Å².